The van der Waals surface area contributed by atoms with Crippen molar-refractivity contribution in [1.29, 1.82) is 0 Å². The quantitative estimate of drug-likeness (QED) is 0.846. The summed E-state index contributed by atoms with van der Waals surface area (Å²) in [6.45, 7) is 4.88. The largest absolute Gasteiger partial charge is 0.323 e. The third kappa shape index (κ3) is 3.12. The number of sulfone groups is 1. The zero-order chi connectivity index (χ0) is 16.0. The molecule has 22 heavy (non-hydrogen) atoms. The number of anilines is 1. The SMILES string of the molecule is CC1(C)CCCc2sc(NC(=O)N3CCS(=O)(=O)CC3)nc21. The van der Waals surface area contributed by atoms with E-state index in [9.17, 15) is 13.2 Å². The summed E-state index contributed by atoms with van der Waals surface area (Å²) in [5, 5.41) is 3.46. The van der Waals surface area contributed by atoms with Crippen molar-refractivity contribution < 1.29 is 13.2 Å². The molecule has 0 atom stereocenters. The highest BCUT2D eigenvalue weighted by molar-refractivity contribution is 7.91. The zero-order valence-electron chi connectivity index (χ0n) is 12.9. The second-order valence-electron chi connectivity index (χ2n) is 6.60. The van der Waals surface area contributed by atoms with E-state index < -0.39 is 9.84 Å². The van der Waals surface area contributed by atoms with E-state index in [1.165, 1.54) is 4.88 Å². The summed E-state index contributed by atoms with van der Waals surface area (Å²) in [7, 11) is -2.97. The van der Waals surface area contributed by atoms with E-state index in [2.05, 4.69) is 24.1 Å². The number of thiazole rings is 1. The third-order valence-corrected chi connectivity index (χ3v) is 7.03. The molecule has 1 fully saturated rings. The Bertz CT molecular complexity index is 680. The number of aromatic nitrogens is 1. The molecule has 0 unspecified atom stereocenters. The van der Waals surface area contributed by atoms with Gasteiger partial charge in [0, 0.05) is 23.4 Å². The maximum atomic E-state index is 12.2. The summed E-state index contributed by atoms with van der Waals surface area (Å²) in [6.07, 6.45) is 3.29. The van der Waals surface area contributed by atoms with Gasteiger partial charge in [0.2, 0.25) is 0 Å². The van der Waals surface area contributed by atoms with E-state index in [0.29, 0.717) is 5.13 Å². The Morgan fingerprint density at radius 1 is 1.32 bits per heavy atom. The summed E-state index contributed by atoms with van der Waals surface area (Å²) in [5.74, 6) is 0.0869. The van der Waals surface area contributed by atoms with Crippen molar-refractivity contribution >= 4 is 32.3 Å². The summed E-state index contributed by atoms with van der Waals surface area (Å²) in [6, 6.07) is -0.251. The molecule has 1 aromatic heterocycles. The molecule has 1 N–H and O–H groups in total. The average molecular weight is 343 g/mol. The van der Waals surface area contributed by atoms with Crippen LogP contribution in [0.25, 0.3) is 0 Å². The molecule has 122 valence electrons. The monoisotopic (exact) mass is 343 g/mol. The van der Waals surface area contributed by atoms with Gasteiger partial charge in [-0.3, -0.25) is 5.32 Å². The van der Waals surface area contributed by atoms with Crippen molar-refractivity contribution in [3.63, 3.8) is 0 Å². The molecule has 0 aromatic carbocycles. The molecule has 3 rings (SSSR count). The molecule has 0 saturated carbocycles. The second kappa shape index (κ2) is 5.49. The number of aryl methyl sites for hydroxylation is 1. The minimum atomic E-state index is -2.97. The van der Waals surface area contributed by atoms with Gasteiger partial charge in [0.25, 0.3) is 0 Å². The Kier molecular flexibility index (Phi) is 3.92. The molecule has 1 aliphatic carbocycles. The van der Waals surface area contributed by atoms with E-state index in [1.54, 1.807) is 16.2 Å². The van der Waals surface area contributed by atoms with Crippen LogP contribution in [0, 0.1) is 0 Å². The number of nitrogens with zero attached hydrogens (tertiary/aromatic N) is 2. The number of carbonyl (C=O) groups is 1. The number of hydrogen-bond acceptors (Lipinski definition) is 5. The number of nitrogens with one attached hydrogen (secondary N) is 1. The van der Waals surface area contributed by atoms with Gasteiger partial charge in [-0.05, 0) is 19.3 Å². The fraction of sp³-hybridized carbons (Fsp3) is 0.714. The van der Waals surface area contributed by atoms with Crippen molar-refractivity contribution in [2.75, 3.05) is 29.9 Å². The standard InChI is InChI=1S/C14H21N3O3S2/c1-14(2)5-3-4-10-11(14)15-12(21-10)16-13(18)17-6-8-22(19,20)9-7-17/h3-9H2,1-2H3,(H,15,16,18). The molecule has 2 heterocycles. The van der Waals surface area contributed by atoms with Crippen LogP contribution in [0.3, 0.4) is 0 Å². The summed E-state index contributed by atoms with van der Waals surface area (Å²) < 4.78 is 22.8. The minimum absolute atomic E-state index is 0.0435. The van der Waals surface area contributed by atoms with E-state index in [1.807, 2.05) is 0 Å². The van der Waals surface area contributed by atoms with E-state index in [0.717, 1.165) is 25.0 Å². The zero-order valence-corrected chi connectivity index (χ0v) is 14.5. The second-order valence-corrected chi connectivity index (χ2v) is 9.98. The molecular formula is C14H21N3O3S2. The van der Waals surface area contributed by atoms with Crippen LogP contribution in [-0.2, 0) is 21.7 Å². The Morgan fingerprint density at radius 3 is 2.64 bits per heavy atom. The first kappa shape index (κ1) is 15.7. The van der Waals surface area contributed by atoms with Crippen LogP contribution in [0.15, 0.2) is 0 Å². The number of carbonyl (C=O) groups excluding carboxylic acids is 1. The van der Waals surface area contributed by atoms with Crippen LogP contribution in [0.1, 0.15) is 37.3 Å². The normalized spacial score (nSPS) is 22.9. The van der Waals surface area contributed by atoms with Crippen molar-refractivity contribution in [2.24, 2.45) is 0 Å². The van der Waals surface area contributed by atoms with Crippen LogP contribution in [0.5, 0.6) is 0 Å². The number of rotatable bonds is 1. The number of urea groups is 1. The Morgan fingerprint density at radius 2 is 2.00 bits per heavy atom. The van der Waals surface area contributed by atoms with Crippen LogP contribution in [0.4, 0.5) is 9.93 Å². The van der Waals surface area contributed by atoms with Gasteiger partial charge in [-0.1, -0.05) is 13.8 Å². The molecule has 1 aliphatic heterocycles. The lowest BCUT2D eigenvalue weighted by atomic mass is 9.79. The molecule has 8 heteroatoms. The highest BCUT2D eigenvalue weighted by Gasteiger charge is 2.32. The van der Waals surface area contributed by atoms with Crippen LogP contribution < -0.4 is 5.32 Å². The molecule has 0 bridgehead atoms. The fourth-order valence-corrected chi connectivity index (χ4v) is 5.37. The Labute approximate surface area is 134 Å². The van der Waals surface area contributed by atoms with Crippen molar-refractivity contribution in [3.8, 4) is 0 Å². The third-order valence-electron chi connectivity index (χ3n) is 4.39. The molecule has 2 aliphatic rings. The first-order valence-corrected chi connectivity index (χ1v) is 10.2. The lowest BCUT2D eigenvalue weighted by molar-refractivity contribution is 0.216. The number of fused-ring (bicyclic) bond motifs is 1. The Balaban J connectivity index is 1.69. The average Bonchev–Trinajstić information content (AvgIpc) is 2.82. The van der Waals surface area contributed by atoms with Gasteiger partial charge in [-0.15, -0.1) is 11.3 Å². The lowest BCUT2D eigenvalue weighted by Gasteiger charge is -2.28. The highest BCUT2D eigenvalue weighted by Crippen LogP contribution is 2.40. The fourth-order valence-electron chi connectivity index (χ4n) is 3.00. The topological polar surface area (TPSA) is 79.4 Å². The highest BCUT2D eigenvalue weighted by atomic mass is 32.2. The predicted molar refractivity (Wildman–Crippen MR) is 87.3 cm³/mol. The van der Waals surface area contributed by atoms with Gasteiger partial charge in [-0.25, -0.2) is 18.2 Å². The van der Waals surface area contributed by atoms with Crippen LogP contribution in [-0.4, -0.2) is 48.9 Å². The van der Waals surface area contributed by atoms with Crippen LogP contribution >= 0.6 is 11.3 Å². The molecule has 0 radical (unpaired) electrons. The van der Waals surface area contributed by atoms with Gasteiger partial charge in [0.05, 0.1) is 17.2 Å². The summed E-state index contributed by atoms with van der Waals surface area (Å²) in [5.41, 5.74) is 1.16. The minimum Gasteiger partial charge on any atom is -0.322 e. The molecule has 2 amide bonds. The lowest BCUT2D eigenvalue weighted by Crippen LogP contribution is -2.45. The van der Waals surface area contributed by atoms with Gasteiger partial charge in [-0.2, -0.15) is 0 Å². The van der Waals surface area contributed by atoms with Crippen molar-refractivity contribution in [1.82, 2.24) is 9.88 Å². The van der Waals surface area contributed by atoms with Crippen molar-refractivity contribution in [2.45, 2.75) is 38.5 Å². The molecule has 1 aromatic rings. The van der Waals surface area contributed by atoms with E-state index >= 15 is 0 Å². The molecule has 6 nitrogen and oxygen atoms in total. The van der Waals surface area contributed by atoms with Crippen molar-refractivity contribution in [3.05, 3.63) is 10.6 Å². The van der Waals surface area contributed by atoms with E-state index in [4.69, 9.17) is 0 Å². The predicted octanol–water partition coefficient (Wildman–Crippen LogP) is 2.02. The molecule has 1 saturated heterocycles. The number of amides is 2. The smallest absolute Gasteiger partial charge is 0.322 e. The number of hydrogen-bond donors (Lipinski definition) is 1. The first-order chi connectivity index (χ1) is 10.3. The van der Waals surface area contributed by atoms with Gasteiger partial charge in [0.15, 0.2) is 15.0 Å². The summed E-state index contributed by atoms with van der Waals surface area (Å²) >= 11 is 1.54. The first-order valence-electron chi connectivity index (χ1n) is 7.53. The van der Waals surface area contributed by atoms with E-state index in [-0.39, 0.29) is 36.0 Å². The van der Waals surface area contributed by atoms with Gasteiger partial charge >= 0.3 is 6.03 Å². The molecular weight excluding hydrogens is 322 g/mol. The molecule has 0 spiro atoms. The maximum Gasteiger partial charge on any atom is 0.323 e. The van der Waals surface area contributed by atoms with Gasteiger partial charge in [0.1, 0.15) is 0 Å². The van der Waals surface area contributed by atoms with Gasteiger partial charge < -0.3 is 4.90 Å². The summed E-state index contributed by atoms with van der Waals surface area (Å²) in [4.78, 5) is 19.7. The maximum absolute atomic E-state index is 12.2. The van der Waals surface area contributed by atoms with Crippen LogP contribution in [0.2, 0.25) is 0 Å². The Hall–Kier alpha value is -1.15.